The summed E-state index contributed by atoms with van der Waals surface area (Å²) >= 11 is 1.26. The van der Waals surface area contributed by atoms with E-state index in [1.54, 1.807) is 40.0 Å². The van der Waals surface area contributed by atoms with Crippen molar-refractivity contribution in [3.05, 3.63) is 59.4 Å². The number of anilines is 1. The lowest BCUT2D eigenvalue weighted by Gasteiger charge is -2.18. The second-order valence-corrected chi connectivity index (χ2v) is 10.1. The zero-order valence-corrected chi connectivity index (χ0v) is 20.7. The Kier molecular flexibility index (Phi) is 7.68. The van der Waals surface area contributed by atoms with E-state index in [-0.39, 0.29) is 11.7 Å². The zero-order chi connectivity index (χ0) is 25.0. The van der Waals surface area contributed by atoms with Crippen molar-refractivity contribution in [2.45, 2.75) is 43.9 Å². The molecule has 1 heterocycles. The molecule has 3 aromatic rings. The van der Waals surface area contributed by atoms with Crippen LogP contribution in [0, 0.1) is 13.8 Å². The summed E-state index contributed by atoms with van der Waals surface area (Å²) in [4.78, 5) is 30.0. The Morgan fingerprint density at radius 3 is 2.41 bits per heavy atom. The van der Waals surface area contributed by atoms with Gasteiger partial charge in [0.15, 0.2) is 0 Å². The zero-order valence-electron chi connectivity index (χ0n) is 19.9. The maximum atomic E-state index is 13.1. The summed E-state index contributed by atoms with van der Waals surface area (Å²) < 4.78 is 6.23. The lowest BCUT2D eigenvalue weighted by molar-refractivity contribution is -0.138. The molecule has 180 valence electrons. The van der Waals surface area contributed by atoms with Gasteiger partial charge < -0.3 is 24.8 Å². The number of carboxylic acids is 1. The quantitative estimate of drug-likeness (QED) is 0.298. The van der Waals surface area contributed by atoms with Gasteiger partial charge in [0, 0.05) is 35.5 Å². The number of phenolic OH excluding ortho intramolecular Hbond substituents is 1. The van der Waals surface area contributed by atoms with Crippen LogP contribution in [-0.4, -0.2) is 50.1 Å². The number of methoxy groups -OCH3 is 1. The van der Waals surface area contributed by atoms with Crippen molar-refractivity contribution < 1.29 is 24.5 Å². The number of carbonyl (C=O) groups is 2. The van der Waals surface area contributed by atoms with Crippen LogP contribution in [0.1, 0.15) is 35.6 Å². The largest absolute Gasteiger partial charge is 0.508 e. The first-order valence-corrected chi connectivity index (χ1v) is 11.5. The number of aliphatic carboxylic acids is 1. The van der Waals surface area contributed by atoms with Gasteiger partial charge in [-0.2, -0.15) is 0 Å². The molecule has 2 aromatic carbocycles. The molecule has 9 heteroatoms. The van der Waals surface area contributed by atoms with E-state index in [0.717, 1.165) is 16.0 Å². The molecular weight excluding hydrogens is 454 g/mol. The molecule has 0 bridgehead atoms. The van der Waals surface area contributed by atoms with Gasteiger partial charge in [-0.3, -0.25) is 9.59 Å². The minimum absolute atomic E-state index is 0.131. The minimum Gasteiger partial charge on any atom is -0.508 e. The fourth-order valence-corrected chi connectivity index (χ4v) is 4.35. The number of phenols is 1. The first-order valence-electron chi connectivity index (χ1n) is 10.7. The Hall–Kier alpha value is -3.30. The number of nitrogens with zero attached hydrogens (tertiary/aromatic N) is 2. The lowest BCUT2D eigenvalue weighted by Crippen LogP contribution is -2.26. The van der Waals surface area contributed by atoms with Gasteiger partial charge in [-0.05, 0) is 63.6 Å². The number of aromatic nitrogens is 2. The van der Waals surface area contributed by atoms with Crippen molar-refractivity contribution in [2.75, 3.05) is 19.0 Å². The summed E-state index contributed by atoms with van der Waals surface area (Å²) in [7, 11) is 1.61. The standard InChI is InChI=1S/C25H29N3O5S/c1-15-14-18(29)8-11-20(15)26-23(30)21-16(2)28(12-13-33-5)22(27-21)17-6-9-19(10-7-17)34-25(3,4)24(31)32/h6-11,14,29H,12-13H2,1-5H3,(H,26,30)(H,31,32). The van der Waals surface area contributed by atoms with Crippen LogP contribution in [-0.2, 0) is 16.1 Å². The van der Waals surface area contributed by atoms with Crippen molar-refractivity contribution in [3.63, 3.8) is 0 Å². The third-order valence-corrected chi connectivity index (χ3v) is 6.61. The molecule has 3 rings (SSSR count). The molecular formula is C25H29N3O5S. The number of imidazole rings is 1. The Balaban J connectivity index is 1.93. The third kappa shape index (κ3) is 5.60. The van der Waals surface area contributed by atoms with Crippen LogP contribution in [0.25, 0.3) is 11.4 Å². The van der Waals surface area contributed by atoms with E-state index in [9.17, 15) is 19.8 Å². The van der Waals surface area contributed by atoms with Crippen LogP contribution in [0.3, 0.4) is 0 Å². The molecule has 0 saturated carbocycles. The van der Waals surface area contributed by atoms with E-state index in [2.05, 4.69) is 10.3 Å². The summed E-state index contributed by atoms with van der Waals surface area (Å²) in [6.07, 6.45) is 0. The van der Waals surface area contributed by atoms with Gasteiger partial charge in [-0.1, -0.05) is 12.1 Å². The first-order chi connectivity index (χ1) is 16.0. The van der Waals surface area contributed by atoms with Crippen molar-refractivity contribution >= 4 is 29.3 Å². The van der Waals surface area contributed by atoms with Crippen LogP contribution < -0.4 is 5.32 Å². The van der Waals surface area contributed by atoms with E-state index in [4.69, 9.17) is 4.74 Å². The minimum atomic E-state index is -0.952. The molecule has 0 spiro atoms. The van der Waals surface area contributed by atoms with E-state index in [1.807, 2.05) is 35.8 Å². The number of ether oxygens (including phenoxy) is 1. The molecule has 0 saturated heterocycles. The van der Waals surface area contributed by atoms with Crippen LogP contribution >= 0.6 is 11.8 Å². The number of carbonyl (C=O) groups excluding carboxylic acids is 1. The summed E-state index contributed by atoms with van der Waals surface area (Å²) in [6, 6.07) is 12.2. The van der Waals surface area contributed by atoms with Crippen LogP contribution in [0.4, 0.5) is 5.69 Å². The Labute approximate surface area is 203 Å². The van der Waals surface area contributed by atoms with E-state index in [1.165, 1.54) is 17.8 Å². The number of nitrogens with one attached hydrogen (secondary N) is 1. The molecule has 0 unspecified atom stereocenters. The van der Waals surface area contributed by atoms with E-state index < -0.39 is 10.7 Å². The van der Waals surface area contributed by atoms with Crippen LogP contribution in [0.15, 0.2) is 47.4 Å². The number of carboxylic acid groups (broad SMARTS) is 1. The number of hydrogen-bond donors (Lipinski definition) is 3. The van der Waals surface area contributed by atoms with Gasteiger partial charge in [0.1, 0.15) is 22.0 Å². The highest BCUT2D eigenvalue weighted by Gasteiger charge is 2.28. The van der Waals surface area contributed by atoms with Crippen molar-refractivity contribution in [3.8, 4) is 17.1 Å². The van der Waals surface area contributed by atoms with E-state index >= 15 is 0 Å². The predicted octanol–water partition coefficient (Wildman–Crippen LogP) is 4.73. The van der Waals surface area contributed by atoms with Crippen LogP contribution in [0.5, 0.6) is 5.75 Å². The summed E-state index contributed by atoms with van der Waals surface area (Å²) in [5, 5.41) is 21.9. The van der Waals surface area contributed by atoms with Crippen LogP contribution in [0.2, 0.25) is 0 Å². The normalized spacial score (nSPS) is 11.4. The highest BCUT2D eigenvalue weighted by Crippen LogP contribution is 2.34. The van der Waals surface area contributed by atoms with E-state index in [0.29, 0.717) is 36.1 Å². The topological polar surface area (TPSA) is 114 Å². The molecule has 0 atom stereocenters. The summed E-state index contributed by atoms with van der Waals surface area (Å²) in [5.41, 5.74) is 3.13. The number of aromatic hydroxyl groups is 1. The maximum absolute atomic E-state index is 13.1. The number of aryl methyl sites for hydroxylation is 1. The van der Waals surface area contributed by atoms with Gasteiger partial charge in [0.05, 0.1) is 6.61 Å². The fourth-order valence-electron chi connectivity index (χ4n) is 3.41. The highest BCUT2D eigenvalue weighted by molar-refractivity contribution is 8.01. The highest BCUT2D eigenvalue weighted by atomic mass is 32.2. The third-order valence-electron chi connectivity index (χ3n) is 5.41. The number of amides is 1. The summed E-state index contributed by atoms with van der Waals surface area (Å²) in [6.45, 7) is 7.92. The van der Waals surface area contributed by atoms with Crippen molar-refractivity contribution in [2.24, 2.45) is 0 Å². The lowest BCUT2D eigenvalue weighted by atomic mass is 10.2. The maximum Gasteiger partial charge on any atom is 0.319 e. The SMILES string of the molecule is COCCn1c(-c2ccc(SC(C)(C)C(=O)O)cc2)nc(C(=O)Nc2ccc(O)cc2C)c1C. The Morgan fingerprint density at radius 1 is 1.15 bits per heavy atom. The Morgan fingerprint density at radius 2 is 1.82 bits per heavy atom. The predicted molar refractivity (Wildman–Crippen MR) is 133 cm³/mol. The molecule has 34 heavy (non-hydrogen) atoms. The van der Waals surface area contributed by atoms with Crippen molar-refractivity contribution in [1.82, 2.24) is 9.55 Å². The molecule has 1 aromatic heterocycles. The molecule has 1 amide bonds. The average molecular weight is 484 g/mol. The average Bonchev–Trinajstić information content (AvgIpc) is 3.10. The molecule has 0 radical (unpaired) electrons. The number of rotatable bonds is 9. The number of benzene rings is 2. The van der Waals surface area contributed by atoms with Gasteiger partial charge in [-0.25, -0.2) is 4.98 Å². The molecule has 0 aliphatic heterocycles. The Bertz CT molecular complexity index is 1200. The van der Waals surface area contributed by atoms with Crippen molar-refractivity contribution in [1.29, 1.82) is 0 Å². The first kappa shape index (κ1) is 25.3. The second-order valence-electron chi connectivity index (χ2n) is 8.41. The molecule has 0 fully saturated rings. The van der Waals surface area contributed by atoms with Gasteiger partial charge in [0.2, 0.25) is 0 Å². The molecule has 0 aliphatic rings. The van der Waals surface area contributed by atoms with Gasteiger partial charge >= 0.3 is 5.97 Å². The monoisotopic (exact) mass is 483 g/mol. The number of hydrogen-bond acceptors (Lipinski definition) is 6. The molecule has 8 nitrogen and oxygen atoms in total. The van der Waals surface area contributed by atoms with Gasteiger partial charge in [0.25, 0.3) is 5.91 Å². The smallest absolute Gasteiger partial charge is 0.319 e. The second kappa shape index (κ2) is 10.3. The summed E-state index contributed by atoms with van der Waals surface area (Å²) in [5.74, 6) is -0.478. The number of thioether (sulfide) groups is 1. The fraction of sp³-hybridized carbons (Fsp3) is 0.320. The van der Waals surface area contributed by atoms with Gasteiger partial charge in [-0.15, -0.1) is 11.8 Å². The molecule has 0 aliphatic carbocycles. The molecule has 3 N–H and O–H groups in total.